The van der Waals surface area contributed by atoms with Gasteiger partial charge in [0.05, 0.1) is 0 Å². The molecule has 2 heteroatoms. The van der Waals surface area contributed by atoms with Crippen LogP contribution in [-0.4, -0.2) is 5.24 Å². The zero-order valence-electron chi connectivity index (χ0n) is 7.38. The van der Waals surface area contributed by atoms with Crippen molar-refractivity contribution in [1.29, 1.82) is 0 Å². The molecule has 0 unspecified atom stereocenters. The maximum atomic E-state index is 10.6. The molecule has 0 aliphatic rings. The molecule has 0 bridgehead atoms. The molecule has 12 heavy (non-hydrogen) atoms. The number of rotatable bonds is 4. The summed E-state index contributed by atoms with van der Waals surface area (Å²) in [6.07, 6.45) is 9.71. The maximum absolute atomic E-state index is 10.6. The van der Waals surface area contributed by atoms with Crippen LogP contribution >= 0.6 is 11.6 Å². The van der Waals surface area contributed by atoms with Gasteiger partial charge < -0.3 is 0 Å². The third-order valence-corrected chi connectivity index (χ3v) is 1.36. The summed E-state index contributed by atoms with van der Waals surface area (Å²) in [6.45, 7) is 3.83. The number of hydrogen-bond donors (Lipinski definition) is 0. The van der Waals surface area contributed by atoms with E-state index in [4.69, 9.17) is 11.6 Å². The summed E-state index contributed by atoms with van der Waals surface area (Å²) in [5, 5.41) is -0.330. The highest BCUT2D eigenvalue weighted by atomic mass is 35.5. The summed E-state index contributed by atoms with van der Waals surface area (Å²) in [5.74, 6) is 0. The smallest absolute Gasteiger partial charge is 0.226 e. The van der Waals surface area contributed by atoms with Gasteiger partial charge in [0.2, 0.25) is 5.24 Å². The van der Waals surface area contributed by atoms with Crippen molar-refractivity contribution in [3.8, 4) is 0 Å². The number of halogens is 1. The van der Waals surface area contributed by atoms with Crippen molar-refractivity contribution < 1.29 is 4.79 Å². The third-order valence-electron chi connectivity index (χ3n) is 1.23. The molecular formula is C10H13ClO. The van der Waals surface area contributed by atoms with Crippen molar-refractivity contribution in [2.75, 3.05) is 0 Å². The fraction of sp³-hybridized carbons (Fsp3) is 0.300. The fourth-order valence-corrected chi connectivity index (χ4v) is 0.922. The summed E-state index contributed by atoms with van der Waals surface area (Å²) in [5.41, 5.74) is 0.926. The number of carbonyl (C=O) groups is 1. The molecule has 0 heterocycles. The highest BCUT2D eigenvalue weighted by Gasteiger charge is 1.97. The van der Waals surface area contributed by atoms with E-state index >= 15 is 0 Å². The molecule has 66 valence electrons. The standard InChI is InChI=1S/C10H13ClO/c1-3-5-7-9(6-4-2)8-10(11)12/h3-7H,8H2,1-2H3/b5-3+,6-4-,9-7+. The normalized spacial score (nSPS) is 13.1. The first-order valence-electron chi connectivity index (χ1n) is 3.83. The SMILES string of the molecule is C\C=C/C(=C\C=C\C)CC(=O)Cl. The van der Waals surface area contributed by atoms with Gasteiger partial charge in [0, 0.05) is 6.42 Å². The van der Waals surface area contributed by atoms with E-state index in [-0.39, 0.29) is 11.7 Å². The van der Waals surface area contributed by atoms with Crippen LogP contribution in [0.2, 0.25) is 0 Å². The Balaban J connectivity index is 4.32. The number of hydrogen-bond acceptors (Lipinski definition) is 1. The van der Waals surface area contributed by atoms with Gasteiger partial charge in [-0.15, -0.1) is 0 Å². The molecule has 0 aromatic heterocycles. The van der Waals surface area contributed by atoms with E-state index in [1.807, 2.05) is 44.2 Å². The van der Waals surface area contributed by atoms with Crippen molar-refractivity contribution >= 4 is 16.8 Å². The average Bonchev–Trinajstić information content (AvgIpc) is 2.00. The Hall–Kier alpha value is -0.820. The van der Waals surface area contributed by atoms with Gasteiger partial charge in [-0.1, -0.05) is 30.4 Å². The van der Waals surface area contributed by atoms with Gasteiger partial charge in [-0.3, -0.25) is 4.79 Å². The van der Waals surface area contributed by atoms with Gasteiger partial charge in [-0.25, -0.2) is 0 Å². The molecule has 0 saturated carbocycles. The zero-order chi connectivity index (χ0) is 9.40. The van der Waals surface area contributed by atoms with Crippen molar-refractivity contribution in [2.45, 2.75) is 20.3 Å². The van der Waals surface area contributed by atoms with Gasteiger partial charge in [0.25, 0.3) is 0 Å². The molecular weight excluding hydrogens is 172 g/mol. The van der Waals surface area contributed by atoms with Crippen LogP contribution in [0.25, 0.3) is 0 Å². The molecule has 0 aromatic carbocycles. The van der Waals surface area contributed by atoms with E-state index in [0.29, 0.717) is 0 Å². The largest absolute Gasteiger partial charge is 0.281 e. The zero-order valence-corrected chi connectivity index (χ0v) is 8.14. The molecule has 0 spiro atoms. The molecule has 0 fully saturated rings. The lowest BCUT2D eigenvalue weighted by Gasteiger charge is -1.93. The molecule has 0 N–H and O–H groups in total. The van der Waals surface area contributed by atoms with Crippen LogP contribution in [0.1, 0.15) is 20.3 Å². The minimum Gasteiger partial charge on any atom is -0.281 e. The molecule has 0 saturated heterocycles. The molecule has 0 aromatic rings. The second-order valence-electron chi connectivity index (χ2n) is 2.30. The van der Waals surface area contributed by atoms with Crippen LogP contribution in [0.15, 0.2) is 36.0 Å². The highest BCUT2D eigenvalue weighted by molar-refractivity contribution is 6.63. The molecule has 0 radical (unpaired) electrons. The first kappa shape index (κ1) is 11.2. The minimum absolute atomic E-state index is 0.288. The topological polar surface area (TPSA) is 17.1 Å². The van der Waals surface area contributed by atoms with Gasteiger partial charge in [-0.2, -0.15) is 0 Å². The predicted octanol–water partition coefficient (Wildman–Crippen LogP) is 3.22. The molecule has 0 aliphatic heterocycles. The quantitative estimate of drug-likeness (QED) is 0.484. The van der Waals surface area contributed by atoms with Gasteiger partial charge in [0.1, 0.15) is 0 Å². The van der Waals surface area contributed by atoms with Crippen LogP contribution in [0.4, 0.5) is 0 Å². The van der Waals surface area contributed by atoms with E-state index in [2.05, 4.69) is 0 Å². The van der Waals surface area contributed by atoms with E-state index in [1.54, 1.807) is 0 Å². The summed E-state index contributed by atoms with van der Waals surface area (Å²) in [4.78, 5) is 10.6. The Morgan fingerprint density at radius 2 is 2.00 bits per heavy atom. The lowest BCUT2D eigenvalue weighted by molar-refractivity contribution is -0.111. The third kappa shape index (κ3) is 5.93. The van der Waals surface area contributed by atoms with Crippen LogP contribution < -0.4 is 0 Å². The summed E-state index contributed by atoms with van der Waals surface area (Å²) in [7, 11) is 0. The van der Waals surface area contributed by atoms with E-state index in [1.165, 1.54) is 0 Å². The number of carbonyl (C=O) groups excluding carboxylic acids is 1. The minimum atomic E-state index is -0.330. The summed E-state index contributed by atoms with van der Waals surface area (Å²) in [6, 6.07) is 0. The van der Waals surface area contributed by atoms with Crippen LogP contribution in [0, 0.1) is 0 Å². The summed E-state index contributed by atoms with van der Waals surface area (Å²) < 4.78 is 0. The van der Waals surface area contributed by atoms with Gasteiger partial charge in [0.15, 0.2) is 0 Å². The Kier molecular flexibility index (Phi) is 6.39. The molecule has 0 aliphatic carbocycles. The lowest BCUT2D eigenvalue weighted by Crippen LogP contribution is -1.87. The van der Waals surface area contributed by atoms with Crippen molar-refractivity contribution in [2.24, 2.45) is 0 Å². The van der Waals surface area contributed by atoms with Crippen LogP contribution in [-0.2, 0) is 4.79 Å². The first-order valence-corrected chi connectivity index (χ1v) is 4.21. The Morgan fingerprint density at radius 3 is 2.42 bits per heavy atom. The van der Waals surface area contributed by atoms with E-state index in [0.717, 1.165) is 5.57 Å². The fourth-order valence-electron chi connectivity index (χ4n) is 0.768. The molecule has 0 atom stereocenters. The van der Waals surface area contributed by atoms with Crippen LogP contribution in [0.3, 0.4) is 0 Å². The highest BCUT2D eigenvalue weighted by Crippen LogP contribution is 2.06. The van der Waals surface area contributed by atoms with Gasteiger partial charge in [-0.05, 0) is 31.0 Å². The van der Waals surface area contributed by atoms with Crippen molar-refractivity contribution in [3.05, 3.63) is 36.0 Å². The molecule has 0 rings (SSSR count). The van der Waals surface area contributed by atoms with Gasteiger partial charge >= 0.3 is 0 Å². The second-order valence-corrected chi connectivity index (χ2v) is 2.72. The van der Waals surface area contributed by atoms with Crippen LogP contribution in [0.5, 0.6) is 0 Å². The monoisotopic (exact) mass is 184 g/mol. The van der Waals surface area contributed by atoms with Crippen molar-refractivity contribution in [1.82, 2.24) is 0 Å². The second kappa shape index (κ2) is 6.86. The summed E-state index contributed by atoms with van der Waals surface area (Å²) >= 11 is 5.25. The Morgan fingerprint density at radius 1 is 1.33 bits per heavy atom. The number of allylic oxidation sites excluding steroid dienone is 6. The first-order chi connectivity index (χ1) is 5.70. The lowest BCUT2D eigenvalue weighted by atomic mass is 10.1. The Labute approximate surface area is 78.4 Å². The molecule has 0 amide bonds. The van der Waals surface area contributed by atoms with E-state index in [9.17, 15) is 4.79 Å². The average molecular weight is 185 g/mol. The van der Waals surface area contributed by atoms with Crippen molar-refractivity contribution in [3.63, 3.8) is 0 Å². The molecule has 1 nitrogen and oxygen atoms in total. The van der Waals surface area contributed by atoms with E-state index < -0.39 is 0 Å². The predicted molar refractivity (Wildman–Crippen MR) is 53.2 cm³/mol. The Bertz CT molecular complexity index is 224. The maximum Gasteiger partial charge on any atom is 0.226 e.